The van der Waals surface area contributed by atoms with E-state index in [0.717, 1.165) is 31.4 Å². The predicted molar refractivity (Wildman–Crippen MR) is 115 cm³/mol. The maximum absolute atomic E-state index is 12.9. The summed E-state index contributed by atoms with van der Waals surface area (Å²) < 4.78 is 5.03. The first-order chi connectivity index (χ1) is 15.1. The Balaban J connectivity index is 1.45. The van der Waals surface area contributed by atoms with Gasteiger partial charge >= 0.3 is 0 Å². The monoisotopic (exact) mass is 430 g/mol. The van der Waals surface area contributed by atoms with Crippen LogP contribution in [0.15, 0.2) is 4.79 Å². The summed E-state index contributed by atoms with van der Waals surface area (Å²) in [6.45, 7) is 2.01. The highest BCUT2D eigenvalue weighted by Crippen LogP contribution is 2.31. The van der Waals surface area contributed by atoms with E-state index < -0.39 is 0 Å². The third-order valence-corrected chi connectivity index (χ3v) is 7.04. The van der Waals surface area contributed by atoms with Crippen LogP contribution in [0.25, 0.3) is 0 Å². The Morgan fingerprint density at radius 2 is 1.90 bits per heavy atom. The van der Waals surface area contributed by atoms with E-state index in [2.05, 4.69) is 4.98 Å². The zero-order valence-electron chi connectivity index (χ0n) is 18.5. The molecule has 2 fully saturated rings. The van der Waals surface area contributed by atoms with E-state index in [1.54, 1.807) is 7.11 Å². The van der Waals surface area contributed by atoms with Gasteiger partial charge in [0.05, 0.1) is 36.9 Å². The number of aromatic amines is 1. The Labute approximate surface area is 183 Å². The minimum atomic E-state index is -0.187. The van der Waals surface area contributed by atoms with Gasteiger partial charge in [-0.25, -0.2) is 4.98 Å². The SMILES string of the molecule is COCCC(=O)N1CCC[C@@H]1c1nc2c(c(=O)[nH]1)CN(C(=O)CC1CCCCC1)CC2. The third kappa shape index (κ3) is 5.00. The van der Waals surface area contributed by atoms with Crippen LogP contribution in [0.2, 0.25) is 0 Å². The van der Waals surface area contributed by atoms with E-state index in [0.29, 0.717) is 62.8 Å². The van der Waals surface area contributed by atoms with Gasteiger partial charge in [0.2, 0.25) is 11.8 Å². The van der Waals surface area contributed by atoms with Gasteiger partial charge in [-0.3, -0.25) is 14.4 Å². The Bertz CT molecular complexity index is 862. The average molecular weight is 431 g/mol. The summed E-state index contributed by atoms with van der Waals surface area (Å²) in [5.41, 5.74) is 1.20. The van der Waals surface area contributed by atoms with Crippen molar-refractivity contribution in [1.29, 1.82) is 0 Å². The highest BCUT2D eigenvalue weighted by Gasteiger charge is 2.33. The van der Waals surface area contributed by atoms with Crippen LogP contribution in [0.4, 0.5) is 0 Å². The summed E-state index contributed by atoms with van der Waals surface area (Å²) in [6.07, 6.45) is 9.22. The Hall–Kier alpha value is -2.22. The van der Waals surface area contributed by atoms with Gasteiger partial charge in [0.25, 0.3) is 5.56 Å². The molecule has 31 heavy (non-hydrogen) atoms. The van der Waals surface area contributed by atoms with Crippen LogP contribution in [-0.4, -0.2) is 58.4 Å². The number of ether oxygens (including phenoxy) is 1. The van der Waals surface area contributed by atoms with Gasteiger partial charge in [-0.2, -0.15) is 0 Å². The normalized spacial score (nSPS) is 21.9. The molecule has 8 heteroatoms. The van der Waals surface area contributed by atoms with Crippen molar-refractivity contribution in [2.45, 2.75) is 76.8 Å². The van der Waals surface area contributed by atoms with Gasteiger partial charge < -0.3 is 19.5 Å². The minimum Gasteiger partial charge on any atom is -0.384 e. The predicted octanol–water partition coefficient (Wildman–Crippen LogP) is 2.32. The zero-order valence-corrected chi connectivity index (χ0v) is 18.5. The van der Waals surface area contributed by atoms with Crippen molar-refractivity contribution in [3.63, 3.8) is 0 Å². The quantitative estimate of drug-likeness (QED) is 0.747. The largest absolute Gasteiger partial charge is 0.384 e. The molecule has 1 aromatic rings. The third-order valence-electron chi connectivity index (χ3n) is 7.04. The number of hydrogen-bond acceptors (Lipinski definition) is 5. The molecule has 4 rings (SSSR count). The number of methoxy groups -OCH3 is 1. The van der Waals surface area contributed by atoms with Crippen molar-refractivity contribution >= 4 is 11.8 Å². The topological polar surface area (TPSA) is 95.6 Å². The molecule has 0 radical (unpaired) electrons. The number of nitrogens with one attached hydrogen (secondary N) is 1. The van der Waals surface area contributed by atoms with Crippen LogP contribution in [0, 0.1) is 5.92 Å². The second-order valence-electron chi connectivity index (χ2n) is 9.14. The van der Waals surface area contributed by atoms with Gasteiger partial charge in [-0.05, 0) is 31.6 Å². The van der Waals surface area contributed by atoms with Crippen LogP contribution < -0.4 is 5.56 Å². The van der Waals surface area contributed by atoms with E-state index in [4.69, 9.17) is 9.72 Å². The molecule has 1 aromatic heterocycles. The molecule has 1 saturated carbocycles. The lowest BCUT2D eigenvalue weighted by Crippen LogP contribution is -2.41. The Kier molecular flexibility index (Phi) is 7.05. The lowest BCUT2D eigenvalue weighted by molar-refractivity contribution is -0.134. The molecule has 2 aliphatic heterocycles. The number of amides is 2. The van der Waals surface area contributed by atoms with Crippen molar-refractivity contribution in [3.8, 4) is 0 Å². The van der Waals surface area contributed by atoms with E-state index in [1.165, 1.54) is 19.3 Å². The molecule has 1 aliphatic carbocycles. The number of likely N-dealkylation sites (tertiary alicyclic amines) is 1. The lowest BCUT2D eigenvalue weighted by Gasteiger charge is -2.31. The molecule has 1 atom stereocenters. The number of aromatic nitrogens is 2. The maximum atomic E-state index is 12.9. The number of carbonyl (C=O) groups is 2. The smallest absolute Gasteiger partial charge is 0.256 e. The van der Waals surface area contributed by atoms with Gasteiger partial charge in [-0.15, -0.1) is 0 Å². The number of H-pyrrole nitrogens is 1. The maximum Gasteiger partial charge on any atom is 0.256 e. The van der Waals surface area contributed by atoms with Gasteiger partial charge in [0.1, 0.15) is 5.82 Å². The first-order valence-corrected chi connectivity index (χ1v) is 11.7. The number of fused-ring (bicyclic) bond motifs is 1. The molecule has 0 spiro atoms. The fraction of sp³-hybridized carbons (Fsp3) is 0.739. The van der Waals surface area contributed by atoms with Crippen LogP contribution in [0.3, 0.4) is 0 Å². The minimum absolute atomic E-state index is 0.0317. The summed E-state index contributed by atoms with van der Waals surface area (Å²) in [6, 6.07) is -0.187. The molecule has 8 nitrogen and oxygen atoms in total. The first-order valence-electron chi connectivity index (χ1n) is 11.7. The highest BCUT2D eigenvalue weighted by atomic mass is 16.5. The molecular weight excluding hydrogens is 396 g/mol. The van der Waals surface area contributed by atoms with Crippen molar-refractivity contribution in [1.82, 2.24) is 19.8 Å². The Morgan fingerprint density at radius 1 is 1.10 bits per heavy atom. The standard InChI is InChI=1S/C23H34N4O4/c1-31-13-10-20(28)27-11-5-8-19(27)22-24-18-9-12-26(15-17(18)23(30)25-22)21(29)14-16-6-3-2-4-7-16/h16,19H,2-15H2,1H3,(H,24,25,30)/t19-/m1/s1. The van der Waals surface area contributed by atoms with Gasteiger partial charge in [0, 0.05) is 33.0 Å². The fourth-order valence-electron chi connectivity index (χ4n) is 5.26. The second kappa shape index (κ2) is 9.94. The van der Waals surface area contributed by atoms with Gasteiger partial charge in [0.15, 0.2) is 0 Å². The van der Waals surface area contributed by atoms with Gasteiger partial charge in [-0.1, -0.05) is 19.3 Å². The van der Waals surface area contributed by atoms with Crippen LogP contribution >= 0.6 is 0 Å². The van der Waals surface area contributed by atoms with Crippen molar-refractivity contribution in [2.75, 3.05) is 26.8 Å². The van der Waals surface area contributed by atoms with E-state index in [9.17, 15) is 14.4 Å². The summed E-state index contributed by atoms with van der Waals surface area (Å²) >= 11 is 0. The van der Waals surface area contributed by atoms with Crippen molar-refractivity contribution < 1.29 is 14.3 Å². The number of nitrogens with zero attached hydrogens (tertiary/aromatic N) is 3. The average Bonchev–Trinajstić information content (AvgIpc) is 3.28. The number of carbonyl (C=O) groups excluding carboxylic acids is 2. The molecule has 1 N–H and O–H groups in total. The molecule has 2 amide bonds. The van der Waals surface area contributed by atoms with Crippen LogP contribution in [0.1, 0.15) is 80.9 Å². The van der Waals surface area contributed by atoms with E-state index >= 15 is 0 Å². The van der Waals surface area contributed by atoms with E-state index in [-0.39, 0.29) is 23.4 Å². The molecule has 0 aromatic carbocycles. The molecular formula is C23H34N4O4. The van der Waals surface area contributed by atoms with Crippen molar-refractivity contribution in [2.24, 2.45) is 5.92 Å². The van der Waals surface area contributed by atoms with Crippen LogP contribution in [-0.2, 0) is 27.3 Å². The molecule has 0 bridgehead atoms. The summed E-state index contributed by atoms with van der Waals surface area (Å²) in [4.78, 5) is 49.5. The summed E-state index contributed by atoms with van der Waals surface area (Å²) in [7, 11) is 1.58. The summed E-state index contributed by atoms with van der Waals surface area (Å²) in [5, 5.41) is 0. The first kappa shape index (κ1) is 22.0. The van der Waals surface area contributed by atoms with Crippen LogP contribution in [0.5, 0.6) is 0 Å². The highest BCUT2D eigenvalue weighted by molar-refractivity contribution is 5.77. The molecule has 1 saturated heterocycles. The molecule has 170 valence electrons. The molecule has 0 unspecified atom stereocenters. The zero-order chi connectivity index (χ0) is 21.8. The number of hydrogen-bond donors (Lipinski definition) is 1. The van der Waals surface area contributed by atoms with E-state index in [1.807, 2.05) is 9.80 Å². The molecule has 3 heterocycles. The second-order valence-corrected chi connectivity index (χ2v) is 9.14. The Morgan fingerprint density at radius 3 is 2.68 bits per heavy atom. The summed E-state index contributed by atoms with van der Waals surface area (Å²) in [5.74, 6) is 1.26. The van der Waals surface area contributed by atoms with Crippen molar-refractivity contribution in [3.05, 3.63) is 27.4 Å². The number of rotatable bonds is 6. The fourth-order valence-corrected chi connectivity index (χ4v) is 5.26. The lowest BCUT2D eigenvalue weighted by atomic mass is 9.86. The molecule has 3 aliphatic rings.